The number of para-hydroxylation sites is 1. The van der Waals surface area contributed by atoms with Crippen molar-refractivity contribution in [2.45, 2.75) is 25.8 Å². The fourth-order valence-corrected chi connectivity index (χ4v) is 2.64. The lowest BCUT2D eigenvalue weighted by Crippen LogP contribution is -2.37. The Balaban J connectivity index is 1.84. The van der Waals surface area contributed by atoms with Crippen molar-refractivity contribution in [3.63, 3.8) is 0 Å². The van der Waals surface area contributed by atoms with Gasteiger partial charge in [-0.3, -0.25) is 4.99 Å². The first kappa shape index (κ1) is 12.3. The molecule has 0 spiro atoms. The number of ether oxygens (including phenoxy) is 1. The van der Waals surface area contributed by atoms with E-state index in [0.717, 1.165) is 24.8 Å². The summed E-state index contributed by atoms with van der Waals surface area (Å²) in [4.78, 5) is 6.67. The first-order valence-corrected chi connectivity index (χ1v) is 7.08. The molecule has 2 N–H and O–H groups in total. The van der Waals surface area contributed by atoms with Crippen molar-refractivity contribution in [2.75, 3.05) is 19.7 Å². The van der Waals surface area contributed by atoms with Gasteiger partial charge in [-0.15, -0.1) is 0 Å². The summed E-state index contributed by atoms with van der Waals surface area (Å²) in [5.74, 6) is 2.44. The lowest BCUT2D eigenvalue weighted by atomic mass is 10.0. The van der Waals surface area contributed by atoms with Gasteiger partial charge in [0, 0.05) is 12.1 Å². The maximum atomic E-state index is 6.04. The molecule has 1 fully saturated rings. The molecule has 0 amide bonds. The Labute approximate surface area is 114 Å². The average Bonchev–Trinajstić information content (AvgIpc) is 3.16. The van der Waals surface area contributed by atoms with Gasteiger partial charge in [0.1, 0.15) is 5.75 Å². The van der Waals surface area contributed by atoms with E-state index in [1.165, 1.54) is 18.4 Å². The molecule has 2 aliphatic rings. The molecule has 0 aromatic heterocycles. The average molecular weight is 259 g/mol. The maximum absolute atomic E-state index is 6.04. The second kappa shape index (κ2) is 5.11. The van der Waals surface area contributed by atoms with Crippen LogP contribution in [0.4, 0.5) is 0 Å². The summed E-state index contributed by atoms with van der Waals surface area (Å²) in [5, 5.41) is 0. The predicted molar refractivity (Wildman–Crippen MR) is 76.3 cm³/mol. The predicted octanol–water partition coefficient (Wildman–Crippen LogP) is 2.17. The third kappa shape index (κ3) is 2.53. The number of rotatable bonds is 5. The standard InChI is InChI=1S/C15H21N3O/c1-2-19-14-6-4-3-5-12(14)13-9-17-15(16)18(13)10-11-7-8-11/h3-6,11,13H,2,7-10H2,1H3,(H2,16,17). The Morgan fingerprint density at radius 2 is 2.16 bits per heavy atom. The molecule has 4 nitrogen and oxygen atoms in total. The van der Waals surface area contributed by atoms with Gasteiger partial charge in [-0.2, -0.15) is 0 Å². The molecule has 1 saturated carbocycles. The lowest BCUT2D eigenvalue weighted by molar-refractivity contribution is 0.302. The van der Waals surface area contributed by atoms with Crippen molar-refractivity contribution in [2.24, 2.45) is 16.6 Å². The minimum absolute atomic E-state index is 0.239. The molecule has 3 rings (SSSR count). The smallest absolute Gasteiger partial charge is 0.191 e. The molecule has 1 aliphatic carbocycles. The van der Waals surface area contributed by atoms with Crippen LogP contribution in [0.25, 0.3) is 0 Å². The number of nitrogens with two attached hydrogens (primary N) is 1. The molecule has 0 radical (unpaired) electrons. The number of hydrogen-bond acceptors (Lipinski definition) is 4. The summed E-state index contributed by atoms with van der Waals surface area (Å²) in [7, 11) is 0. The van der Waals surface area contributed by atoms with Gasteiger partial charge in [-0.1, -0.05) is 18.2 Å². The highest BCUT2D eigenvalue weighted by molar-refractivity contribution is 5.80. The zero-order valence-electron chi connectivity index (χ0n) is 11.4. The highest BCUT2D eigenvalue weighted by Crippen LogP contribution is 2.37. The van der Waals surface area contributed by atoms with Crippen LogP contribution in [0.2, 0.25) is 0 Å². The summed E-state index contributed by atoms with van der Waals surface area (Å²) >= 11 is 0. The molecule has 1 aromatic carbocycles. The lowest BCUT2D eigenvalue weighted by Gasteiger charge is -2.27. The first-order valence-electron chi connectivity index (χ1n) is 7.08. The normalized spacial score (nSPS) is 22.5. The van der Waals surface area contributed by atoms with Crippen LogP contribution in [0.15, 0.2) is 29.3 Å². The molecule has 1 heterocycles. The Morgan fingerprint density at radius 3 is 2.89 bits per heavy atom. The third-order valence-corrected chi connectivity index (χ3v) is 3.83. The summed E-state index contributed by atoms with van der Waals surface area (Å²) in [6.45, 7) is 4.46. The van der Waals surface area contributed by atoms with Gasteiger partial charge in [0.25, 0.3) is 0 Å². The van der Waals surface area contributed by atoms with Gasteiger partial charge >= 0.3 is 0 Å². The van der Waals surface area contributed by atoms with Gasteiger partial charge in [0.15, 0.2) is 5.96 Å². The number of aliphatic imine (C=N–C) groups is 1. The highest BCUT2D eigenvalue weighted by atomic mass is 16.5. The quantitative estimate of drug-likeness (QED) is 0.881. The Hall–Kier alpha value is -1.71. The van der Waals surface area contributed by atoms with Crippen LogP contribution in [0.3, 0.4) is 0 Å². The summed E-state index contributed by atoms with van der Waals surface area (Å²) in [6.07, 6.45) is 2.65. The van der Waals surface area contributed by atoms with Crippen LogP contribution >= 0.6 is 0 Å². The molecule has 1 unspecified atom stereocenters. The van der Waals surface area contributed by atoms with E-state index in [9.17, 15) is 0 Å². The van der Waals surface area contributed by atoms with Crippen molar-refractivity contribution in [1.29, 1.82) is 0 Å². The molecular formula is C15H21N3O. The Bertz CT molecular complexity index is 482. The van der Waals surface area contributed by atoms with Crippen molar-refractivity contribution >= 4 is 5.96 Å². The van der Waals surface area contributed by atoms with E-state index >= 15 is 0 Å². The molecule has 1 aromatic rings. The molecule has 1 atom stereocenters. The van der Waals surface area contributed by atoms with E-state index in [1.54, 1.807) is 0 Å². The number of benzene rings is 1. The van der Waals surface area contributed by atoms with E-state index in [1.807, 2.05) is 19.1 Å². The Kier molecular flexibility index (Phi) is 3.32. The first-order chi connectivity index (χ1) is 9.29. The van der Waals surface area contributed by atoms with Crippen LogP contribution in [0.1, 0.15) is 31.4 Å². The molecule has 102 valence electrons. The molecule has 1 aliphatic heterocycles. The van der Waals surface area contributed by atoms with E-state index in [4.69, 9.17) is 10.5 Å². The molecular weight excluding hydrogens is 238 g/mol. The third-order valence-electron chi connectivity index (χ3n) is 3.83. The van der Waals surface area contributed by atoms with Crippen LogP contribution in [0.5, 0.6) is 5.75 Å². The zero-order chi connectivity index (χ0) is 13.2. The van der Waals surface area contributed by atoms with Gasteiger partial charge < -0.3 is 15.4 Å². The Morgan fingerprint density at radius 1 is 1.37 bits per heavy atom. The molecule has 0 bridgehead atoms. The zero-order valence-corrected chi connectivity index (χ0v) is 11.4. The van der Waals surface area contributed by atoms with Gasteiger partial charge in [0.05, 0.1) is 19.2 Å². The minimum Gasteiger partial charge on any atom is -0.494 e. The van der Waals surface area contributed by atoms with Gasteiger partial charge in [0.2, 0.25) is 0 Å². The summed E-state index contributed by atoms with van der Waals surface area (Å²) in [6, 6.07) is 8.47. The second-order valence-electron chi connectivity index (χ2n) is 5.28. The van der Waals surface area contributed by atoms with Gasteiger partial charge in [-0.05, 0) is 31.7 Å². The second-order valence-corrected chi connectivity index (χ2v) is 5.28. The fourth-order valence-electron chi connectivity index (χ4n) is 2.64. The van der Waals surface area contributed by atoms with Crippen molar-refractivity contribution in [3.05, 3.63) is 29.8 Å². The maximum Gasteiger partial charge on any atom is 0.191 e. The minimum atomic E-state index is 0.239. The monoisotopic (exact) mass is 259 g/mol. The topological polar surface area (TPSA) is 50.9 Å². The van der Waals surface area contributed by atoms with E-state index in [0.29, 0.717) is 12.6 Å². The van der Waals surface area contributed by atoms with Gasteiger partial charge in [-0.25, -0.2) is 0 Å². The largest absolute Gasteiger partial charge is 0.494 e. The van der Waals surface area contributed by atoms with Crippen LogP contribution < -0.4 is 10.5 Å². The number of nitrogens with zero attached hydrogens (tertiary/aromatic N) is 2. The number of hydrogen-bond donors (Lipinski definition) is 1. The molecule has 19 heavy (non-hydrogen) atoms. The van der Waals surface area contributed by atoms with Crippen molar-refractivity contribution in [3.8, 4) is 5.75 Å². The van der Waals surface area contributed by atoms with Crippen LogP contribution in [-0.2, 0) is 0 Å². The van der Waals surface area contributed by atoms with E-state index in [-0.39, 0.29) is 6.04 Å². The van der Waals surface area contributed by atoms with Crippen molar-refractivity contribution < 1.29 is 4.74 Å². The van der Waals surface area contributed by atoms with Crippen molar-refractivity contribution in [1.82, 2.24) is 4.90 Å². The van der Waals surface area contributed by atoms with E-state index < -0.39 is 0 Å². The summed E-state index contributed by atoms with van der Waals surface area (Å²) < 4.78 is 5.74. The SMILES string of the molecule is CCOc1ccccc1C1CN=C(N)N1CC1CC1. The molecule has 0 saturated heterocycles. The number of guanidine groups is 1. The van der Waals surface area contributed by atoms with Crippen LogP contribution in [-0.4, -0.2) is 30.6 Å². The highest BCUT2D eigenvalue weighted by Gasteiger charge is 2.34. The van der Waals surface area contributed by atoms with Crippen LogP contribution in [0, 0.1) is 5.92 Å². The fraction of sp³-hybridized carbons (Fsp3) is 0.533. The molecule has 4 heteroatoms. The summed E-state index contributed by atoms with van der Waals surface area (Å²) in [5.41, 5.74) is 7.24. The van der Waals surface area contributed by atoms with E-state index in [2.05, 4.69) is 22.0 Å².